The average molecular weight is 197 g/mol. The summed E-state index contributed by atoms with van der Waals surface area (Å²) in [7, 11) is 0. The first kappa shape index (κ1) is 6.41. The minimum Gasteiger partial charge on any atom is -0.0839 e. The highest BCUT2D eigenvalue weighted by molar-refractivity contribution is 9.09. The van der Waals surface area contributed by atoms with E-state index < -0.39 is 0 Å². The number of rotatable bonds is 0. The topological polar surface area (TPSA) is 0 Å². The Morgan fingerprint density at radius 3 is 2.90 bits per heavy atom. The van der Waals surface area contributed by atoms with Crippen LogP contribution in [0.5, 0.6) is 0 Å². The van der Waals surface area contributed by atoms with Crippen LogP contribution in [0, 0.1) is 0 Å². The molecule has 0 nitrogen and oxygen atoms in total. The molecule has 0 unspecified atom stereocenters. The minimum atomic E-state index is 0.615. The summed E-state index contributed by atoms with van der Waals surface area (Å²) in [6.45, 7) is 0. The summed E-state index contributed by atoms with van der Waals surface area (Å²) in [6, 6.07) is 8.65. The molecule has 1 atom stereocenters. The lowest BCUT2D eigenvalue weighted by molar-refractivity contribution is 0.903. The van der Waals surface area contributed by atoms with Gasteiger partial charge in [0.1, 0.15) is 0 Å². The number of benzene rings is 1. The van der Waals surface area contributed by atoms with Gasteiger partial charge in [0, 0.05) is 4.83 Å². The van der Waals surface area contributed by atoms with Gasteiger partial charge in [0.05, 0.1) is 0 Å². The molecule has 0 aliphatic heterocycles. The molecule has 0 heterocycles. The Bertz CT molecular complexity index is 242. The summed E-state index contributed by atoms with van der Waals surface area (Å²) < 4.78 is 0. The van der Waals surface area contributed by atoms with Crippen LogP contribution in [0.1, 0.15) is 22.4 Å². The van der Waals surface area contributed by atoms with Gasteiger partial charge in [-0.2, -0.15) is 0 Å². The highest BCUT2D eigenvalue weighted by Gasteiger charge is 2.17. The van der Waals surface area contributed by atoms with E-state index in [1.807, 2.05) is 0 Å². The van der Waals surface area contributed by atoms with Crippen molar-refractivity contribution in [1.82, 2.24) is 0 Å². The Morgan fingerprint density at radius 1 is 1.30 bits per heavy atom. The molecule has 0 saturated carbocycles. The fraction of sp³-hybridized carbons (Fsp3) is 0.333. The van der Waals surface area contributed by atoms with Crippen LogP contribution in [0.4, 0.5) is 0 Å². The molecule has 52 valence electrons. The maximum atomic E-state index is 3.64. The van der Waals surface area contributed by atoms with Gasteiger partial charge in [0.2, 0.25) is 0 Å². The molecule has 0 aromatic heterocycles. The molecule has 0 saturated heterocycles. The van der Waals surface area contributed by atoms with Crippen LogP contribution in [0.2, 0.25) is 0 Å². The number of fused-ring (bicyclic) bond motifs is 1. The molecule has 1 aliphatic carbocycles. The maximum Gasteiger partial charge on any atom is 0.0401 e. The van der Waals surface area contributed by atoms with Crippen molar-refractivity contribution in [1.29, 1.82) is 0 Å². The van der Waals surface area contributed by atoms with Crippen LogP contribution in [-0.4, -0.2) is 0 Å². The van der Waals surface area contributed by atoms with Crippen molar-refractivity contribution < 1.29 is 0 Å². The van der Waals surface area contributed by atoms with E-state index in [1.165, 1.54) is 24.0 Å². The number of hydrogen-bond acceptors (Lipinski definition) is 0. The first-order valence-corrected chi connectivity index (χ1v) is 4.51. The third kappa shape index (κ3) is 0.891. The van der Waals surface area contributed by atoms with Gasteiger partial charge >= 0.3 is 0 Å². The smallest absolute Gasteiger partial charge is 0.0401 e. The van der Waals surface area contributed by atoms with Crippen molar-refractivity contribution in [2.45, 2.75) is 17.7 Å². The van der Waals surface area contributed by atoms with Gasteiger partial charge in [0.15, 0.2) is 0 Å². The highest BCUT2D eigenvalue weighted by atomic mass is 79.9. The molecule has 1 heteroatoms. The predicted octanol–water partition coefficient (Wildman–Crippen LogP) is 3.07. The quantitative estimate of drug-likeness (QED) is 0.560. The van der Waals surface area contributed by atoms with Gasteiger partial charge in [-0.05, 0) is 24.0 Å². The molecule has 1 aromatic rings. The van der Waals surface area contributed by atoms with Crippen molar-refractivity contribution >= 4 is 15.9 Å². The van der Waals surface area contributed by atoms with Gasteiger partial charge in [-0.3, -0.25) is 0 Å². The van der Waals surface area contributed by atoms with E-state index in [9.17, 15) is 0 Å². The largest absolute Gasteiger partial charge is 0.0839 e. The number of alkyl halides is 1. The average Bonchev–Trinajstić information content (AvgIpc) is 2.34. The second-order valence-corrected chi connectivity index (χ2v) is 3.81. The second kappa shape index (κ2) is 2.39. The molecular weight excluding hydrogens is 188 g/mol. The fourth-order valence-electron chi connectivity index (χ4n) is 1.51. The first-order valence-electron chi connectivity index (χ1n) is 3.60. The Morgan fingerprint density at radius 2 is 2.10 bits per heavy atom. The van der Waals surface area contributed by atoms with E-state index in [1.54, 1.807) is 0 Å². The van der Waals surface area contributed by atoms with E-state index in [2.05, 4.69) is 40.2 Å². The molecule has 0 amide bonds. The molecule has 0 spiro atoms. The Labute approximate surface area is 69.4 Å². The van der Waals surface area contributed by atoms with Crippen molar-refractivity contribution in [2.24, 2.45) is 0 Å². The fourth-order valence-corrected chi connectivity index (χ4v) is 2.18. The zero-order valence-electron chi connectivity index (χ0n) is 5.68. The monoisotopic (exact) mass is 196 g/mol. The Hall–Kier alpha value is -0.300. The van der Waals surface area contributed by atoms with Crippen LogP contribution in [0.25, 0.3) is 0 Å². The van der Waals surface area contributed by atoms with Crippen molar-refractivity contribution in [3.8, 4) is 0 Å². The van der Waals surface area contributed by atoms with E-state index in [-0.39, 0.29) is 0 Å². The van der Waals surface area contributed by atoms with Crippen molar-refractivity contribution in [3.63, 3.8) is 0 Å². The highest BCUT2D eigenvalue weighted by Crippen LogP contribution is 2.36. The molecule has 0 bridgehead atoms. The van der Waals surface area contributed by atoms with Crippen molar-refractivity contribution in [3.05, 3.63) is 35.4 Å². The summed E-state index contributed by atoms with van der Waals surface area (Å²) in [5.41, 5.74) is 3.01. The molecule has 0 radical (unpaired) electrons. The third-order valence-corrected chi connectivity index (χ3v) is 3.01. The molecule has 0 N–H and O–H groups in total. The maximum absolute atomic E-state index is 3.64. The molecule has 1 aliphatic rings. The Kier molecular flexibility index (Phi) is 1.53. The zero-order chi connectivity index (χ0) is 6.97. The lowest BCUT2D eigenvalue weighted by atomic mass is 10.1. The van der Waals surface area contributed by atoms with Gasteiger partial charge in [-0.1, -0.05) is 40.2 Å². The Balaban J connectivity index is 2.51. The standard InChI is InChI=1S/C9H9Br/c10-9-6-5-7-3-1-2-4-8(7)9/h1-4,9H,5-6H2/t9-/m1/s1. The minimum absolute atomic E-state index is 0.615. The predicted molar refractivity (Wildman–Crippen MR) is 46.4 cm³/mol. The van der Waals surface area contributed by atoms with Gasteiger partial charge in [-0.15, -0.1) is 0 Å². The van der Waals surface area contributed by atoms with Crippen molar-refractivity contribution in [2.75, 3.05) is 0 Å². The van der Waals surface area contributed by atoms with E-state index in [0.29, 0.717) is 4.83 Å². The molecule has 2 rings (SSSR count). The van der Waals surface area contributed by atoms with E-state index >= 15 is 0 Å². The normalized spacial score (nSPS) is 22.7. The summed E-state index contributed by atoms with van der Waals surface area (Å²) >= 11 is 3.64. The lowest BCUT2D eigenvalue weighted by Gasteiger charge is -1.99. The number of hydrogen-bond donors (Lipinski definition) is 0. The molecule has 0 fully saturated rings. The van der Waals surface area contributed by atoms with Crippen LogP contribution in [0.3, 0.4) is 0 Å². The second-order valence-electron chi connectivity index (χ2n) is 2.71. The van der Waals surface area contributed by atoms with Crippen LogP contribution >= 0.6 is 15.9 Å². The number of halogens is 1. The molecule has 1 aromatic carbocycles. The summed E-state index contributed by atoms with van der Waals surface area (Å²) in [5.74, 6) is 0. The summed E-state index contributed by atoms with van der Waals surface area (Å²) in [6.07, 6.45) is 2.51. The van der Waals surface area contributed by atoms with Gasteiger partial charge < -0.3 is 0 Å². The summed E-state index contributed by atoms with van der Waals surface area (Å²) in [5, 5.41) is 0. The zero-order valence-corrected chi connectivity index (χ0v) is 7.26. The van der Waals surface area contributed by atoms with E-state index in [4.69, 9.17) is 0 Å². The van der Waals surface area contributed by atoms with E-state index in [0.717, 1.165) is 0 Å². The third-order valence-electron chi connectivity index (χ3n) is 2.06. The first-order chi connectivity index (χ1) is 4.88. The lowest BCUT2D eigenvalue weighted by Crippen LogP contribution is -1.80. The summed E-state index contributed by atoms with van der Waals surface area (Å²) in [4.78, 5) is 0.615. The molecule has 10 heavy (non-hydrogen) atoms. The SMILES string of the molecule is Br[C@@H]1CCc2ccccc21. The van der Waals surface area contributed by atoms with Crippen LogP contribution in [0.15, 0.2) is 24.3 Å². The number of aryl methyl sites for hydroxylation is 1. The van der Waals surface area contributed by atoms with Crippen LogP contribution < -0.4 is 0 Å². The van der Waals surface area contributed by atoms with Crippen LogP contribution in [-0.2, 0) is 6.42 Å². The molecular formula is C9H9Br. The van der Waals surface area contributed by atoms with Gasteiger partial charge in [0.25, 0.3) is 0 Å². The van der Waals surface area contributed by atoms with Gasteiger partial charge in [-0.25, -0.2) is 0 Å².